The molecule has 3 rings (SSSR count). The van der Waals surface area contributed by atoms with E-state index in [9.17, 15) is 14.4 Å². The number of carbonyl (C=O) groups is 3. The fraction of sp³-hybridized carbons (Fsp3) is 0.679. The molecule has 1 aromatic rings. The molecule has 2 N–H and O–H groups in total. The maximum absolute atomic E-state index is 14.1. The summed E-state index contributed by atoms with van der Waals surface area (Å²) in [6.45, 7) is 7.38. The molecule has 8 heteroatoms. The molecule has 3 amide bonds. The SMILES string of the molecule is CSCCC(NC(=O)OC(C)(C)C)C(=O)N(C1CC1)C(C(=O)NC1CCCCC1)c1cccc(C)c1. The number of benzene rings is 1. The number of alkyl carbamates (subject to hydrolysis) is 1. The van der Waals surface area contributed by atoms with Gasteiger partial charge in [0.2, 0.25) is 11.8 Å². The van der Waals surface area contributed by atoms with Crippen LogP contribution in [-0.2, 0) is 14.3 Å². The molecule has 0 saturated heterocycles. The lowest BCUT2D eigenvalue weighted by Crippen LogP contribution is -2.54. The molecule has 0 aromatic heterocycles. The predicted molar refractivity (Wildman–Crippen MR) is 145 cm³/mol. The highest BCUT2D eigenvalue weighted by molar-refractivity contribution is 7.98. The van der Waals surface area contributed by atoms with Gasteiger partial charge >= 0.3 is 6.09 Å². The summed E-state index contributed by atoms with van der Waals surface area (Å²) in [5, 5.41) is 6.07. The lowest BCUT2D eigenvalue weighted by atomic mass is 9.94. The minimum absolute atomic E-state index is 0.0164. The third kappa shape index (κ3) is 8.43. The summed E-state index contributed by atoms with van der Waals surface area (Å²) in [5.74, 6) is 0.352. The van der Waals surface area contributed by atoms with Crippen molar-refractivity contribution < 1.29 is 19.1 Å². The number of aryl methyl sites for hydroxylation is 1. The summed E-state index contributed by atoms with van der Waals surface area (Å²) in [7, 11) is 0. The first-order valence-electron chi connectivity index (χ1n) is 13.3. The Morgan fingerprint density at radius 2 is 1.81 bits per heavy atom. The second-order valence-corrected chi connectivity index (χ2v) is 12.1. The van der Waals surface area contributed by atoms with Crippen LogP contribution in [-0.4, -0.2) is 58.5 Å². The van der Waals surface area contributed by atoms with Gasteiger partial charge in [0.25, 0.3) is 0 Å². The lowest BCUT2D eigenvalue weighted by molar-refractivity contribution is -0.143. The average Bonchev–Trinajstić information content (AvgIpc) is 3.64. The molecule has 0 spiro atoms. The Balaban J connectivity index is 1.91. The number of hydrogen-bond donors (Lipinski definition) is 2. The normalized spacial score (nSPS) is 18.1. The van der Waals surface area contributed by atoms with E-state index in [2.05, 4.69) is 10.6 Å². The van der Waals surface area contributed by atoms with Crippen LogP contribution < -0.4 is 10.6 Å². The van der Waals surface area contributed by atoms with E-state index in [-0.39, 0.29) is 23.9 Å². The van der Waals surface area contributed by atoms with E-state index in [1.54, 1.807) is 37.4 Å². The maximum atomic E-state index is 14.1. The van der Waals surface area contributed by atoms with Gasteiger partial charge < -0.3 is 20.3 Å². The molecule has 2 saturated carbocycles. The molecule has 0 heterocycles. The molecule has 0 bridgehead atoms. The number of thioether (sulfide) groups is 1. The van der Waals surface area contributed by atoms with Crippen molar-refractivity contribution >= 4 is 29.7 Å². The summed E-state index contributed by atoms with van der Waals surface area (Å²) >= 11 is 1.62. The van der Waals surface area contributed by atoms with E-state index in [1.165, 1.54) is 6.42 Å². The summed E-state index contributed by atoms with van der Waals surface area (Å²) in [5.41, 5.74) is 1.18. The number of carbonyl (C=O) groups excluding carboxylic acids is 3. The van der Waals surface area contributed by atoms with E-state index in [0.29, 0.717) is 12.2 Å². The molecule has 0 radical (unpaired) electrons. The molecule has 2 aliphatic rings. The van der Waals surface area contributed by atoms with Crippen molar-refractivity contribution in [3.05, 3.63) is 35.4 Å². The Kier molecular flexibility index (Phi) is 10.1. The van der Waals surface area contributed by atoms with Gasteiger partial charge in [0.1, 0.15) is 17.7 Å². The van der Waals surface area contributed by atoms with Crippen LogP contribution in [0.3, 0.4) is 0 Å². The van der Waals surface area contributed by atoms with E-state index < -0.39 is 23.8 Å². The molecule has 2 fully saturated rings. The van der Waals surface area contributed by atoms with Crippen LogP contribution in [0.1, 0.15) is 89.3 Å². The molecule has 2 unspecified atom stereocenters. The van der Waals surface area contributed by atoms with Crippen molar-refractivity contribution in [2.45, 2.75) is 109 Å². The second-order valence-electron chi connectivity index (χ2n) is 11.1. The van der Waals surface area contributed by atoms with Crippen LogP contribution in [0.4, 0.5) is 4.79 Å². The van der Waals surface area contributed by atoms with Crippen molar-refractivity contribution in [3.8, 4) is 0 Å². The molecule has 2 aliphatic carbocycles. The highest BCUT2D eigenvalue weighted by Crippen LogP contribution is 2.36. The first kappa shape index (κ1) is 28.4. The molecule has 2 atom stereocenters. The van der Waals surface area contributed by atoms with Crippen LogP contribution in [0.5, 0.6) is 0 Å². The van der Waals surface area contributed by atoms with Crippen molar-refractivity contribution in [3.63, 3.8) is 0 Å². The standard InChI is InChI=1S/C28H43N3O4S/c1-19-10-9-11-20(18-19)24(25(32)29-21-12-7-6-8-13-21)31(22-14-15-22)26(33)23(16-17-36-5)30-27(34)35-28(2,3)4/h9-11,18,21-24H,6-8,12-17H2,1-5H3,(H,29,32)(H,30,34). The zero-order chi connectivity index (χ0) is 26.3. The smallest absolute Gasteiger partial charge is 0.408 e. The highest BCUT2D eigenvalue weighted by atomic mass is 32.2. The largest absolute Gasteiger partial charge is 0.444 e. The third-order valence-electron chi connectivity index (χ3n) is 6.63. The Hall–Kier alpha value is -2.22. The zero-order valence-electron chi connectivity index (χ0n) is 22.5. The van der Waals surface area contributed by atoms with Crippen molar-refractivity contribution in [2.24, 2.45) is 0 Å². The fourth-order valence-electron chi connectivity index (χ4n) is 4.80. The topological polar surface area (TPSA) is 87.7 Å². The van der Waals surface area contributed by atoms with Gasteiger partial charge in [-0.05, 0) is 77.4 Å². The van der Waals surface area contributed by atoms with Gasteiger partial charge in [-0.3, -0.25) is 9.59 Å². The average molecular weight is 518 g/mol. The van der Waals surface area contributed by atoms with E-state index in [4.69, 9.17) is 4.74 Å². The Bertz CT molecular complexity index is 906. The van der Waals surface area contributed by atoms with E-state index in [0.717, 1.165) is 49.7 Å². The zero-order valence-corrected chi connectivity index (χ0v) is 23.3. The van der Waals surface area contributed by atoms with Crippen LogP contribution in [0.25, 0.3) is 0 Å². The summed E-state index contributed by atoms with van der Waals surface area (Å²) < 4.78 is 5.46. The van der Waals surface area contributed by atoms with Gasteiger partial charge in [0, 0.05) is 12.1 Å². The first-order valence-corrected chi connectivity index (χ1v) is 14.7. The lowest BCUT2D eigenvalue weighted by Gasteiger charge is -2.36. The van der Waals surface area contributed by atoms with Gasteiger partial charge in [0.05, 0.1) is 0 Å². The Morgan fingerprint density at radius 3 is 2.39 bits per heavy atom. The number of amides is 3. The number of nitrogens with one attached hydrogen (secondary N) is 2. The number of hydrogen-bond acceptors (Lipinski definition) is 5. The van der Waals surface area contributed by atoms with Gasteiger partial charge in [-0.15, -0.1) is 0 Å². The van der Waals surface area contributed by atoms with Crippen LogP contribution >= 0.6 is 11.8 Å². The summed E-state index contributed by atoms with van der Waals surface area (Å²) in [6.07, 6.45) is 8.90. The van der Waals surface area contributed by atoms with Crippen LogP contribution in [0.2, 0.25) is 0 Å². The van der Waals surface area contributed by atoms with E-state index >= 15 is 0 Å². The fourth-order valence-corrected chi connectivity index (χ4v) is 5.27. The molecule has 200 valence electrons. The van der Waals surface area contributed by atoms with Crippen molar-refractivity contribution in [1.29, 1.82) is 0 Å². The van der Waals surface area contributed by atoms with Gasteiger partial charge in [0.15, 0.2) is 0 Å². The maximum Gasteiger partial charge on any atom is 0.408 e. The molecule has 36 heavy (non-hydrogen) atoms. The Labute approximate surface area is 220 Å². The number of nitrogens with zero attached hydrogens (tertiary/aromatic N) is 1. The van der Waals surface area contributed by atoms with Crippen LogP contribution in [0.15, 0.2) is 24.3 Å². The monoisotopic (exact) mass is 517 g/mol. The van der Waals surface area contributed by atoms with E-state index in [1.807, 2.05) is 37.4 Å². The summed E-state index contributed by atoms with van der Waals surface area (Å²) in [6, 6.07) is 6.48. The first-order chi connectivity index (χ1) is 17.1. The molecule has 1 aromatic carbocycles. The van der Waals surface area contributed by atoms with Crippen molar-refractivity contribution in [2.75, 3.05) is 12.0 Å². The molecule has 7 nitrogen and oxygen atoms in total. The minimum Gasteiger partial charge on any atom is -0.444 e. The van der Waals surface area contributed by atoms with Gasteiger partial charge in [-0.25, -0.2) is 4.79 Å². The minimum atomic E-state index is -0.761. The molecular formula is C28H43N3O4S. The Morgan fingerprint density at radius 1 is 1.11 bits per heavy atom. The second kappa shape index (κ2) is 12.8. The number of rotatable bonds is 10. The highest BCUT2D eigenvalue weighted by Gasteiger charge is 2.44. The van der Waals surface area contributed by atoms with Gasteiger partial charge in [-0.2, -0.15) is 11.8 Å². The van der Waals surface area contributed by atoms with Crippen molar-refractivity contribution in [1.82, 2.24) is 15.5 Å². The van der Waals surface area contributed by atoms with Gasteiger partial charge in [-0.1, -0.05) is 49.1 Å². The third-order valence-corrected chi connectivity index (χ3v) is 7.27. The molecule has 0 aliphatic heterocycles. The summed E-state index contributed by atoms with van der Waals surface area (Å²) in [4.78, 5) is 42.3. The number of ether oxygens (including phenoxy) is 1. The quantitative estimate of drug-likeness (QED) is 0.450. The van der Waals surface area contributed by atoms with Crippen LogP contribution in [0, 0.1) is 6.92 Å². The molecular weight excluding hydrogens is 474 g/mol. The predicted octanol–water partition coefficient (Wildman–Crippen LogP) is 5.12.